The average molecular weight is 319 g/mol. The molecule has 0 N–H and O–H groups in total. The fraction of sp³-hybridized carbons (Fsp3) is 0.571. The molecule has 0 aromatic heterocycles. The van der Waals surface area contributed by atoms with Gasteiger partial charge < -0.3 is 4.74 Å². The minimum atomic E-state index is -0.810. The van der Waals surface area contributed by atoms with Crippen molar-refractivity contribution in [3.8, 4) is 0 Å². The summed E-state index contributed by atoms with van der Waals surface area (Å²) < 4.78 is 32.0. The Morgan fingerprint density at radius 1 is 1.11 bits per heavy atom. The molecule has 1 aromatic carbocycles. The van der Waals surface area contributed by atoms with Crippen LogP contribution in [0.4, 0.5) is 8.78 Å². The highest BCUT2D eigenvalue weighted by Gasteiger charge is 2.41. The molecule has 1 aromatic rings. The molecular formula is C14H17BrF2O. The van der Waals surface area contributed by atoms with Crippen molar-refractivity contribution in [1.82, 2.24) is 0 Å². The molecule has 0 radical (unpaired) electrons. The third kappa shape index (κ3) is 2.45. The van der Waals surface area contributed by atoms with Crippen LogP contribution in [0.2, 0.25) is 0 Å². The average Bonchev–Trinajstić information content (AvgIpc) is 2.56. The Hall–Kier alpha value is -0.480. The van der Waals surface area contributed by atoms with Crippen LogP contribution < -0.4 is 0 Å². The number of benzene rings is 1. The van der Waals surface area contributed by atoms with Crippen molar-refractivity contribution in [1.29, 1.82) is 0 Å². The molecule has 5 unspecified atom stereocenters. The van der Waals surface area contributed by atoms with Gasteiger partial charge in [0.1, 0.15) is 0 Å². The molecule has 0 amide bonds. The van der Waals surface area contributed by atoms with E-state index in [0.29, 0.717) is 5.92 Å². The highest BCUT2D eigenvalue weighted by atomic mass is 79.9. The summed E-state index contributed by atoms with van der Waals surface area (Å²) in [7, 11) is 0. The Bertz CT molecular complexity index is 438. The Morgan fingerprint density at radius 3 is 2.28 bits per heavy atom. The third-order valence-electron chi connectivity index (χ3n) is 3.92. The molecule has 0 saturated carbocycles. The van der Waals surface area contributed by atoms with E-state index in [2.05, 4.69) is 22.9 Å². The molecular weight excluding hydrogens is 302 g/mol. The van der Waals surface area contributed by atoms with Gasteiger partial charge in [-0.15, -0.1) is 0 Å². The largest absolute Gasteiger partial charge is 0.375 e. The van der Waals surface area contributed by atoms with Crippen LogP contribution in [0.5, 0.6) is 0 Å². The normalized spacial score (nSPS) is 33.7. The first-order valence-corrected chi connectivity index (χ1v) is 7.08. The number of hydrogen-bond acceptors (Lipinski definition) is 1. The van der Waals surface area contributed by atoms with Crippen molar-refractivity contribution in [2.24, 2.45) is 11.8 Å². The van der Waals surface area contributed by atoms with E-state index >= 15 is 0 Å². The maximum absolute atomic E-state index is 13.3. The first-order chi connectivity index (χ1) is 8.41. The van der Waals surface area contributed by atoms with Crippen LogP contribution in [0.25, 0.3) is 0 Å². The first-order valence-electron chi connectivity index (χ1n) is 6.16. The first kappa shape index (κ1) is 13.9. The number of hydrogen-bond donors (Lipinski definition) is 0. The minimum absolute atomic E-state index is 0.0254. The zero-order valence-electron chi connectivity index (χ0n) is 10.7. The van der Waals surface area contributed by atoms with Gasteiger partial charge in [-0.05, 0) is 37.5 Å². The van der Waals surface area contributed by atoms with E-state index in [9.17, 15) is 8.78 Å². The van der Waals surface area contributed by atoms with Crippen LogP contribution in [0, 0.1) is 23.5 Å². The molecule has 1 nitrogen and oxygen atoms in total. The molecule has 1 heterocycles. The summed E-state index contributed by atoms with van der Waals surface area (Å²) in [5, 5.41) is 0. The second kappa shape index (κ2) is 5.25. The lowest BCUT2D eigenvalue weighted by atomic mass is 9.84. The molecule has 0 bridgehead atoms. The Labute approximate surface area is 115 Å². The zero-order valence-corrected chi connectivity index (χ0v) is 12.2. The molecule has 1 fully saturated rings. The number of halogens is 3. The lowest BCUT2D eigenvalue weighted by molar-refractivity contribution is 0.0511. The second-order valence-electron chi connectivity index (χ2n) is 5.06. The maximum atomic E-state index is 13.3. The molecule has 0 spiro atoms. The van der Waals surface area contributed by atoms with Gasteiger partial charge in [-0.2, -0.15) is 0 Å². The van der Waals surface area contributed by atoms with Gasteiger partial charge in [-0.3, -0.25) is 0 Å². The molecule has 2 rings (SSSR count). The SMILES string of the molecule is CC1OC(C)C(C(Br)c2ccc(F)c(F)c2)C1C. The van der Waals surface area contributed by atoms with Crippen molar-refractivity contribution in [3.63, 3.8) is 0 Å². The quantitative estimate of drug-likeness (QED) is 0.731. The summed E-state index contributed by atoms with van der Waals surface area (Å²) in [5.74, 6) is -0.984. The van der Waals surface area contributed by atoms with Gasteiger partial charge in [-0.1, -0.05) is 28.9 Å². The number of ether oxygens (including phenoxy) is 1. The molecule has 18 heavy (non-hydrogen) atoms. The van der Waals surface area contributed by atoms with E-state index in [0.717, 1.165) is 5.56 Å². The van der Waals surface area contributed by atoms with E-state index in [1.165, 1.54) is 12.1 Å². The monoisotopic (exact) mass is 318 g/mol. The summed E-state index contributed by atoms with van der Waals surface area (Å²) in [6.45, 7) is 6.21. The number of alkyl halides is 1. The fourth-order valence-corrected chi connectivity index (χ4v) is 3.90. The standard InChI is InChI=1S/C14H17BrF2O/c1-7-8(2)18-9(3)13(7)14(15)10-4-5-11(16)12(17)6-10/h4-9,13-14H,1-3H3. The van der Waals surface area contributed by atoms with E-state index in [-0.39, 0.29) is 23.0 Å². The maximum Gasteiger partial charge on any atom is 0.159 e. The fourth-order valence-electron chi connectivity index (χ4n) is 2.70. The van der Waals surface area contributed by atoms with Crippen molar-refractivity contribution in [2.45, 2.75) is 37.8 Å². The van der Waals surface area contributed by atoms with Crippen molar-refractivity contribution in [3.05, 3.63) is 35.4 Å². The molecule has 5 atom stereocenters. The van der Waals surface area contributed by atoms with Gasteiger partial charge in [-0.25, -0.2) is 8.78 Å². The van der Waals surface area contributed by atoms with Crippen LogP contribution in [-0.4, -0.2) is 12.2 Å². The summed E-state index contributed by atoms with van der Waals surface area (Å²) in [4.78, 5) is -0.0254. The van der Waals surface area contributed by atoms with Crippen molar-refractivity contribution in [2.75, 3.05) is 0 Å². The highest BCUT2D eigenvalue weighted by Crippen LogP contribution is 2.45. The lowest BCUT2D eigenvalue weighted by Crippen LogP contribution is -2.22. The van der Waals surface area contributed by atoms with Crippen molar-refractivity contribution < 1.29 is 13.5 Å². The van der Waals surface area contributed by atoms with E-state index in [1.807, 2.05) is 13.8 Å². The van der Waals surface area contributed by atoms with Crippen LogP contribution in [0.3, 0.4) is 0 Å². The van der Waals surface area contributed by atoms with E-state index < -0.39 is 11.6 Å². The predicted molar refractivity (Wildman–Crippen MR) is 70.7 cm³/mol. The number of rotatable bonds is 2. The van der Waals surface area contributed by atoms with Gasteiger partial charge in [0.2, 0.25) is 0 Å². The topological polar surface area (TPSA) is 9.23 Å². The van der Waals surface area contributed by atoms with Gasteiger partial charge in [0.25, 0.3) is 0 Å². The van der Waals surface area contributed by atoms with Crippen LogP contribution >= 0.6 is 15.9 Å². The summed E-state index contributed by atoms with van der Waals surface area (Å²) >= 11 is 3.61. The van der Waals surface area contributed by atoms with Crippen LogP contribution in [0.15, 0.2) is 18.2 Å². The lowest BCUT2D eigenvalue weighted by Gasteiger charge is -2.24. The highest BCUT2D eigenvalue weighted by molar-refractivity contribution is 9.09. The van der Waals surface area contributed by atoms with E-state index in [1.54, 1.807) is 6.07 Å². The van der Waals surface area contributed by atoms with Gasteiger partial charge in [0.05, 0.1) is 12.2 Å². The summed E-state index contributed by atoms with van der Waals surface area (Å²) in [6, 6.07) is 4.06. The van der Waals surface area contributed by atoms with Crippen LogP contribution in [-0.2, 0) is 4.74 Å². The minimum Gasteiger partial charge on any atom is -0.375 e. The molecule has 0 aliphatic carbocycles. The smallest absolute Gasteiger partial charge is 0.159 e. The summed E-state index contributed by atoms with van der Waals surface area (Å²) in [5.41, 5.74) is 0.760. The predicted octanol–water partition coefficient (Wildman–Crippen LogP) is 4.46. The second-order valence-corrected chi connectivity index (χ2v) is 6.04. The molecule has 1 aliphatic heterocycles. The Kier molecular flexibility index (Phi) is 4.07. The van der Waals surface area contributed by atoms with Crippen LogP contribution in [0.1, 0.15) is 31.2 Å². The molecule has 4 heteroatoms. The van der Waals surface area contributed by atoms with Crippen molar-refractivity contribution >= 4 is 15.9 Å². The van der Waals surface area contributed by atoms with Gasteiger partial charge in [0.15, 0.2) is 11.6 Å². The third-order valence-corrected chi connectivity index (χ3v) is 5.06. The Balaban J connectivity index is 2.25. The van der Waals surface area contributed by atoms with E-state index in [4.69, 9.17) is 4.74 Å². The molecule has 100 valence electrons. The van der Waals surface area contributed by atoms with Gasteiger partial charge in [0, 0.05) is 10.7 Å². The molecule has 1 aliphatic rings. The van der Waals surface area contributed by atoms with Gasteiger partial charge >= 0.3 is 0 Å². The zero-order chi connectivity index (χ0) is 13.4. The molecule has 1 saturated heterocycles. The Morgan fingerprint density at radius 2 is 1.78 bits per heavy atom. The summed E-state index contributed by atoms with van der Waals surface area (Å²) in [6.07, 6.45) is 0.294.